The number of benzene rings is 2. The molecule has 0 N–H and O–H groups in total. The summed E-state index contributed by atoms with van der Waals surface area (Å²) in [5.74, 6) is 0. The SMILES string of the molecule is FC(F)(F)c1cc(-c2ccccc2)cc(C(F)(F)F)c1.N#N. The Kier molecular flexibility index (Phi) is 5.14. The molecule has 0 saturated carbocycles. The Morgan fingerprint density at radius 2 is 1.00 bits per heavy atom. The summed E-state index contributed by atoms with van der Waals surface area (Å²) in [6.45, 7) is 0. The van der Waals surface area contributed by atoms with E-state index in [-0.39, 0.29) is 11.6 Å². The van der Waals surface area contributed by atoms with Crippen LogP contribution in [0.3, 0.4) is 0 Å². The van der Waals surface area contributed by atoms with Crippen molar-refractivity contribution in [2.24, 2.45) is 0 Å². The topological polar surface area (TPSA) is 47.6 Å². The fraction of sp³-hybridized carbons (Fsp3) is 0.143. The lowest BCUT2D eigenvalue weighted by Gasteiger charge is -2.14. The van der Waals surface area contributed by atoms with Crippen LogP contribution in [0.4, 0.5) is 26.3 Å². The second kappa shape index (κ2) is 6.47. The molecule has 0 spiro atoms. The van der Waals surface area contributed by atoms with Gasteiger partial charge in [-0.1, -0.05) is 30.3 Å². The van der Waals surface area contributed by atoms with Crippen molar-refractivity contribution in [2.75, 3.05) is 0 Å². The van der Waals surface area contributed by atoms with E-state index in [1.807, 2.05) is 0 Å². The van der Waals surface area contributed by atoms with Gasteiger partial charge < -0.3 is 0 Å². The van der Waals surface area contributed by atoms with Gasteiger partial charge in [0.1, 0.15) is 0 Å². The molecule has 2 aromatic carbocycles. The van der Waals surface area contributed by atoms with E-state index in [1.165, 1.54) is 12.1 Å². The number of hydrogen-bond donors (Lipinski definition) is 0. The minimum absolute atomic E-state index is 0.117. The van der Waals surface area contributed by atoms with Crippen molar-refractivity contribution < 1.29 is 26.3 Å². The first kappa shape index (κ1) is 17.5. The summed E-state index contributed by atoms with van der Waals surface area (Å²) in [6.07, 6.45) is -9.66. The van der Waals surface area contributed by atoms with Gasteiger partial charge in [0.05, 0.1) is 11.1 Å². The maximum Gasteiger partial charge on any atom is 0.416 e. The summed E-state index contributed by atoms with van der Waals surface area (Å²) in [5, 5.41) is 12.0. The van der Waals surface area contributed by atoms with Crippen LogP contribution in [0, 0.1) is 10.8 Å². The maximum atomic E-state index is 12.7. The van der Waals surface area contributed by atoms with Gasteiger partial charge in [-0.25, -0.2) is 0 Å². The van der Waals surface area contributed by atoms with Crippen molar-refractivity contribution in [3.8, 4) is 11.1 Å². The normalized spacial score (nSPS) is 11.5. The van der Waals surface area contributed by atoms with E-state index in [0.29, 0.717) is 17.7 Å². The molecule has 2 aromatic rings. The van der Waals surface area contributed by atoms with Crippen molar-refractivity contribution in [3.05, 3.63) is 59.7 Å². The molecule has 0 fully saturated rings. The summed E-state index contributed by atoms with van der Waals surface area (Å²) in [4.78, 5) is 0. The zero-order valence-electron chi connectivity index (χ0n) is 10.8. The Hall–Kier alpha value is -2.56. The molecule has 0 unspecified atom stereocenters. The minimum Gasteiger partial charge on any atom is -0.166 e. The number of rotatable bonds is 1. The molecule has 0 aliphatic carbocycles. The molecule has 0 amide bonds. The Bertz CT molecular complexity index is 612. The van der Waals surface area contributed by atoms with Crippen molar-refractivity contribution in [1.82, 2.24) is 0 Å². The number of hydrogen-bond acceptors (Lipinski definition) is 2. The molecule has 22 heavy (non-hydrogen) atoms. The summed E-state index contributed by atoms with van der Waals surface area (Å²) in [5.41, 5.74) is -2.45. The van der Waals surface area contributed by atoms with Crippen LogP contribution in [-0.2, 0) is 12.4 Å². The van der Waals surface area contributed by atoms with Crippen LogP contribution >= 0.6 is 0 Å². The van der Waals surface area contributed by atoms with Crippen LogP contribution in [0.1, 0.15) is 11.1 Å². The van der Waals surface area contributed by atoms with Gasteiger partial charge >= 0.3 is 12.4 Å². The molecule has 0 aliphatic rings. The van der Waals surface area contributed by atoms with E-state index >= 15 is 0 Å². The van der Waals surface area contributed by atoms with Crippen LogP contribution in [-0.4, -0.2) is 0 Å². The first-order valence-corrected chi connectivity index (χ1v) is 5.73. The van der Waals surface area contributed by atoms with Crippen LogP contribution in [0.2, 0.25) is 0 Å². The standard InChI is InChI=1S/C14H8F6.N2/c15-13(16,17)11-6-10(9-4-2-1-3-5-9)7-12(8-11)14(18,19)20;1-2/h1-8H;. The molecule has 2 rings (SSSR count). The van der Waals surface area contributed by atoms with Gasteiger partial charge in [0, 0.05) is 10.8 Å². The average Bonchev–Trinajstić information content (AvgIpc) is 2.48. The average molecular weight is 318 g/mol. The van der Waals surface area contributed by atoms with Gasteiger partial charge in [-0.15, -0.1) is 0 Å². The lowest BCUT2D eigenvalue weighted by Crippen LogP contribution is -2.11. The molecular weight excluding hydrogens is 310 g/mol. The van der Waals surface area contributed by atoms with Gasteiger partial charge in [0.25, 0.3) is 0 Å². The Labute approximate surface area is 121 Å². The van der Waals surface area contributed by atoms with Gasteiger partial charge in [-0.2, -0.15) is 26.3 Å². The molecule has 116 valence electrons. The van der Waals surface area contributed by atoms with Crippen molar-refractivity contribution in [2.45, 2.75) is 12.4 Å². The lowest BCUT2D eigenvalue weighted by atomic mass is 9.99. The third-order valence-electron chi connectivity index (χ3n) is 2.69. The molecule has 0 aliphatic heterocycles. The van der Waals surface area contributed by atoms with E-state index in [1.54, 1.807) is 18.2 Å². The Morgan fingerprint density at radius 1 is 0.591 bits per heavy atom. The van der Waals surface area contributed by atoms with Crippen LogP contribution in [0.25, 0.3) is 11.1 Å². The van der Waals surface area contributed by atoms with E-state index in [0.717, 1.165) is 0 Å². The van der Waals surface area contributed by atoms with Gasteiger partial charge in [-0.3, -0.25) is 0 Å². The zero-order valence-corrected chi connectivity index (χ0v) is 10.8. The number of nitrogens with zero attached hydrogens (tertiary/aromatic N) is 2. The molecular formula is C14H8F6N2. The summed E-state index contributed by atoms with van der Waals surface area (Å²) in [7, 11) is 0. The highest BCUT2D eigenvalue weighted by Crippen LogP contribution is 2.38. The second-order valence-electron chi connectivity index (χ2n) is 4.16. The molecule has 2 nitrogen and oxygen atoms in total. The fourth-order valence-corrected chi connectivity index (χ4v) is 1.75. The van der Waals surface area contributed by atoms with Crippen molar-refractivity contribution in [1.29, 1.82) is 10.8 Å². The predicted molar refractivity (Wildman–Crippen MR) is 65.3 cm³/mol. The summed E-state index contributed by atoms with van der Waals surface area (Å²) >= 11 is 0. The highest BCUT2D eigenvalue weighted by Gasteiger charge is 2.36. The number of halogens is 6. The Balaban J connectivity index is 0.00000116. The highest BCUT2D eigenvalue weighted by molar-refractivity contribution is 5.65. The molecule has 0 radical (unpaired) electrons. The van der Waals surface area contributed by atoms with Crippen molar-refractivity contribution >= 4 is 0 Å². The monoisotopic (exact) mass is 318 g/mol. The molecule has 0 saturated heterocycles. The molecule has 8 heteroatoms. The molecule has 0 bridgehead atoms. The molecule has 0 aromatic heterocycles. The smallest absolute Gasteiger partial charge is 0.166 e. The van der Waals surface area contributed by atoms with Gasteiger partial charge in [0.15, 0.2) is 0 Å². The summed E-state index contributed by atoms with van der Waals surface area (Å²) < 4.78 is 76.1. The number of alkyl halides is 6. The minimum atomic E-state index is -4.83. The quantitative estimate of drug-likeness (QED) is 0.520. The van der Waals surface area contributed by atoms with E-state index in [9.17, 15) is 26.3 Å². The third kappa shape index (κ3) is 4.22. The maximum absolute atomic E-state index is 12.7. The first-order valence-electron chi connectivity index (χ1n) is 5.73. The highest BCUT2D eigenvalue weighted by atomic mass is 19.4. The van der Waals surface area contributed by atoms with Gasteiger partial charge in [-0.05, 0) is 29.3 Å². The van der Waals surface area contributed by atoms with Crippen LogP contribution in [0.5, 0.6) is 0 Å². The summed E-state index contributed by atoms with van der Waals surface area (Å²) in [6, 6.07) is 9.17. The van der Waals surface area contributed by atoms with Crippen LogP contribution < -0.4 is 0 Å². The predicted octanol–water partition coefficient (Wildman–Crippen LogP) is 5.42. The third-order valence-corrected chi connectivity index (χ3v) is 2.69. The van der Waals surface area contributed by atoms with Gasteiger partial charge in [0.2, 0.25) is 0 Å². The fourth-order valence-electron chi connectivity index (χ4n) is 1.75. The van der Waals surface area contributed by atoms with Crippen molar-refractivity contribution in [3.63, 3.8) is 0 Å². The van der Waals surface area contributed by atoms with E-state index < -0.39 is 23.5 Å². The Morgan fingerprint density at radius 3 is 1.36 bits per heavy atom. The molecule has 0 atom stereocenters. The van der Waals surface area contributed by atoms with E-state index in [2.05, 4.69) is 0 Å². The second-order valence-corrected chi connectivity index (χ2v) is 4.16. The first-order chi connectivity index (χ1) is 10.2. The van der Waals surface area contributed by atoms with E-state index in [4.69, 9.17) is 10.8 Å². The largest absolute Gasteiger partial charge is 0.416 e. The van der Waals surface area contributed by atoms with Crippen LogP contribution in [0.15, 0.2) is 48.5 Å². The zero-order chi connectivity index (χ0) is 17.0. The lowest BCUT2D eigenvalue weighted by molar-refractivity contribution is -0.143. The molecule has 0 heterocycles.